The summed E-state index contributed by atoms with van der Waals surface area (Å²) in [6.07, 6.45) is 3.97. The summed E-state index contributed by atoms with van der Waals surface area (Å²) in [5, 5.41) is 3.55. The first-order valence-electron chi connectivity index (χ1n) is 6.40. The molecule has 1 aliphatic rings. The number of halogens is 1. The van der Waals surface area contributed by atoms with Crippen molar-refractivity contribution in [3.63, 3.8) is 0 Å². The summed E-state index contributed by atoms with van der Waals surface area (Å²) in [5.41, 5.74) is 1.38. The molecule has 0 spiro atoms. The number of benzene rings is 1. The maximum absolute atomic E-state index is 3.55. The third-order valence-electron chi connectivity index (χ3n) is 3.39. The Bertz CT molecular complexity index is 331. The maximum Gasteiger partial charge on any atom is 0.0230 e. The zero-order valence-corrected chi connectivity index (χ0v) is 12.0. The van der Waals surface area contributed by atoms with E-state index in [1.807, 2.05) is 0 Å². The standard InChI is InChI=1S/C14H21BrN2/c1-17(10-8-14-3-2-9-16-14)11-12-4-6-13(15)7-5-12/h4-7,14,16H,2-3,8-11H2,1H3. The van der Waals surface area contributed by atoms with Gasteiger partial charge >= 0.3 is 0 Å². The van der Waals surface area contributed by atoms with Crippen LogP contribution in [-0.2, 0) is 6.54 Å². The molecule has 94 valence electrons. The Morgan fingerprint density at radius 3 is 2.76 bits per heavy atom. The highest BCUT2D eigenvalue weighted by Gasteiger charge is 2.14. The van der Waals surface area contributed by atoms with Crippen molar-refractivity contribution in [1.29, 1.82) is 0 Å². The average molecular weight is 297 g/mol. The lowest BCUT2D eigenvalue weighted by atomic mass is 10.1. The summed E-state index contributed by atoms with van der Waals surface area (Å²) in [6.45, 7) is 3.43. The monoisotopic (exact) mass is 296 g/mol. The van der Waals surface area contributed by atoms with Gasteiger partial charge in [-0.15, -0.1) is 0 Å². The molecule has 0 aliphatic carbocycles. The number of hydrogen-bond acceptors (Lipinski definition) is 2. The van der Waals surface area contributed by atoms with Crippen LogP contribution in [0.5, 0.6) is 0 Å². The van der Waals surface area contributed by atoms with E-state index in [2.05, 4.69) is 57.5 Å². The molecule has 3 heteroatoms. The van der Waals surface area contributed by atoms with E-state index in [1.165, 1.54) is 37.9 Å². The fraction of sp³-hybridized carbons (Fsp3) is 0.571. The summed E-state index contributed by atoms with van der Waals surface area (Å²) in [4.78, 5) is 2.41. The zero-order valence-electron chi connectivity index (χ0n) is 10.5. The normalized spacial score (nSPS) is 20.1. The second-order valence-electron chi connectivity index (χ2n) is 4.95. The van der Waals surface area contributed by atoms with Crippen molar-refractivity contribution in [2.75, 3.05) is 20.1 Å². The van der Waals surface area contributed by atoms with Crippen molar-refractivity contribution in [3.05, 3.63) is 34.3 Å². The van der Waals surface area contributed by atoms with Crippen LogP contribution < -0.4 is 5.32 Å². The molecule has 1 unspecified atom stereocenters. The van der Waals surface area contributed by atoms with Crippen LogP contribution in [0, 0.1) is 0 Å². The Balaban J connectivity index is 1.72. The highest BCUT2D eigenvalue weighted by Crippen LogP contribution is 2.13. The number of hydrogen-bond donors (Lipinski definition) is 1. The van der Waals surface area contributed by atoms with Gasteiger partial charge in [0.1, 0.15) is 0 Å². The molecule has 1 aromatic rings. The first kappa shape index (κ1) is 13.1. The van der Waals surface area contributed by atoms with Crippen molar-refractivity contribution in [2.24, 2.45) is 0 Å². The van der Waals surface area contributed by atoms with E-state index >= 15 is 0 Å². The van der Waals surface area contributed by atoms with Gasteiger partial charge in [0.25, 0.3) is 0 Å². The predicted molar refractivity (Wildman–Crippen MR) is 76.1 cm³/mol. The molecule has 17 heavy (non-hydrogen) atoms. The third kappa shape index (κ3) is 4.41. The van der Waals surface area contributed by atoms with E-state index in [4.69, 9.17) is 0 Å². The summed E-state index contributed by atoms with van der Waals surface area (Å²) in [7, 11) is 2.21. The Morgan fingerprint density at radius 2 is 2.12 bits per heavy atom. The molecular weight excluding hydrogens is 276 g/mol. The van der Waals surface area contributed by atoms with Crippen LogP contribution in [0.25, 0.3) is 0 Å². The van der Waals surface area contributed by atoms with Gasteiger partial charge in [-0.1, -0.05) is 28.1 Å². The van der Waals surface area contributed by atoms with E-state index in [1.54, 1.807) is 0 Å². The Kier molecular flexibility index (Phi) is 5.01. The largest absolute Gasteiger partial charge is 0.314 e. The molecule has 0 aromatic heterocycles. The lowest BCUT2D eigenvalue weighted by molar-refractivity contribution is 0.305. The zero-order chi connectivity index (χ0) is 12.1. The van der Waals surface area contributed by atoms with Crippen molar-refractivity contribution in [2.45, 2.75) is 31.8 Å². The van der Waals surface area contributed by atoms with Gasteiger partial charge in [-0.2, -0.15) is 0 Å². The minimum Gasteiger partial charge on any atom is -0.314 e. The van der Waals surface area contributed by atoms with Crippen LogP contribution in [0.4, 0.5) is 0 Å². The fourth-order valence-electron chi connectivity index (χ4n) is 2.36. The molecule has 0 radical (unpaired) electrons. The number of nitrogens with zero attached hydrogens (tertiary/aromatic N) is 1. The van der Waals surface area contributed by atoms with Crippen molar-refractivity contribution < 1.29 is 0 Å². The van der Waals surface area contributed by atoms with Gasteiger partial charge < -0.3 is 10.2 Å². The number of nitrogens with one attached hydrogen (secondary N) is 1. The Morgan fingerprint density at radius 1 is 1.35 bits per heavy atom. The molecular formula is C14H21BrN2. The molecule has 2 rings (SSSR count). The summed E-state index contributed by atoms with van der Waals surface area (Å²) in [6, 6.07) is 9.36. The predicted octanol–water partition coefficient (Wildman–Crippen LogP) is 3.02. The van der Waals surface area contributed by atoms with Crippen LogP contribution >= 0.6 is 15.9 Å². The lowest BCUT2D eigenvalue weighted by Crippen LogP contribution is -2.28. The SMILES string of the molecule is CN(CCC1CCCN1)Cc1ccc(Br)cc1. The summed E-state index contributed by atoms with van der Waals surface area (Å²) < 4.78 is 1.15. The van der Waals surface area contributed by atoms with Gasteiger partial charge in [-0.25, -0.2) is 0 Å². The molecule has 1 fully saturated rings. The Hall–Kier alpha value is -0.380. The minimum atomic E-state index is 0.752. The van der Waals surface area contributed by atoms with Gasteiger partial charge in [0, 0.05) is 17.1 Å². The smallest absolute Gasteiger partial charge is 0.0230 e. The average Bonchev–Trinajstić information content (AvgIpc) is 2.83. The van der Waals surface area contributed by atoms with Gasteiger partial charge in [0.05, 0.1) is 0 Å². The highest BCUT2D eigenvalue weighted by molar-refractivity contribution is 9.10. The molecule has 1 N–H and O–H groups in total. The van der Waals surface area contributed by atoms with Gasteiger partial charge in [-0.3, -0.25) is 0 Å². The minimum absolute atomic E-state index is 0.752. The van der Waals surface area contributed by atoms with Crippen LogP contribution in [0.3, 0.4) is 0 Å². The van der Waals surface area contributed by atoms with E-state index in [0.717, 1.165) is 17.1 Å². The van der Waals surface area contributed by atoms with Crippen LogP contribution in [0.1, 0.15) is 24.8 Å². The molecule has 0 amide bonds. The number of rotatable bonds is 5. The summed E-state index contributed by atoms with van der Waals surface area (Å²) >= 11 is 3.47. The van der Waals surface area contributed by atoms with Crippen molar-refractivity contribution in [1.82, 2.24) is 10.2 Å². The molecule has 0 bridgehead atoms. The van der Waals surface area contributed by atoms with E-state index in [-0.39, 0.29) is 0 Å². The topological polar surface area (TPSA) is 15.3 Å². The fourth-order valence-corrected chi connectivity index (χ4v) is 2.62. The van der Waals surface area contributed by atoms with Gasteiger partial charge in [0.2, 0.25) is 0 Å². The first-order chi connectivity index (χ1) is 8.24. The lowest BCUT2D eigenvalue weighted by Gasteiger charge is -2.19. The molecule has 1 heterocycles. The molecule has 1 saturated heterocycles. The second kappa shape index (κ2) is 6.53. The highest BCUT2D eigenvalue weighted by atomic mass is 79.9. The second-order valence-corrected chi connectivity index (χ2v) is 5.86. The van der Waals surface area contributed by atoms with Crippen LogP contribution in [0.15, 0.2) is 28.7 Å². The van der Waals surface area contributed by atoms with Crippen molar-refractivity contribution >= 4 is 15.9 Å². The van der Waals surface area contributed by atoms with E-state index in [9.17, 15) is 0 Å². The van der Waals surface area contributed by atoms with Gasteiger partial charge in [0.15, 0.2) is 0 Å². The van der Waals surface area contributed by atoms with Crippen molar-refractivity contribution in [3.8, 4) is 0 Å². The molecule has 0 saturated carbocycles. The summed E-state index contributed by atoms with van der Waals surface area (Å²) in [5.74, 6) is 0. The first-order valence-corrected chi connectivity index (χ1v) is 7.20. The van der Waals surface area contributed by atoms with Crippen LogP contribution in [-0.4, -0.2) is 31.1 Å². The van der Waals surface area contributed by atoms with E-state index < -0.39 is 0 Å². The van der Waals surface area contributed by atoms with Crippen LogP contribution in [0.2, 0.25) is 0 Å². The third-order valence-corrected chi connectivity index (χ3v) is 3.92. The molecule has 2 nitrogen and oxygen atoms in total. The molecule has 1 aromatic carbocycles. The maximum atomic E-state index is 3.55. The van der Waals surface area contributed by atoms with E-state index in [0.29, 0.717) is 0 Å². The molecule has 1 aliphatic heterocycles. The Labute approximate surface area is 113 Å². The molecule has 1 atom stereocenters. The quantitative estimate of drug-likeness (QED) is 0.898. The van der Waals surface area contributed by atoms with Gasteiger partial charge in [-0.05, 0) is 57.1 Å².